The fourth-order valence-electron chi connectivity index (χ4n) is 2.79. The first kappa shape index (κ1) is 12.9. The lowest BCUT2D eigenvalue weighted by atomic mass is 9.80. The second-order valence-corrected chi connectivity index (χ2v) is 6.55. The Hall–Kier alpha value is -1.09. The van der Waals surface area contributed by atoms with Gasteiger partial charge in [0.05, 0.1) is 0 Å². The maximum absolute atomic E-state index is 2.49. The van der Waals surface area contributed by atoms with Crippen molar-refractivity contribution >= 4 is 28.2 Å². The maximum atomic E-state index is 2.49. The Labute approximate surface area is 128 Å². The van der Waals surface area contributed by atoms with E-state index >= 15 is 0 Å². The van der Waals surface area contributed by atoms with E-state index < -0.39 is 0 Å². The molecule has 2 aliphatic carbocycles. The zero-order valence-electron chi connectivity index (χ0n) is 10.8. The molecule has 2 aliphatic rings. The third-order valence-corrected chi connectivity index (χ3v) is 4.56. The molecular formula is C18H17I. The van der Waals surface area contributed by atoms with Crippen LogP contribution in [0.15, 0.2) is 70.4 Å². The normalized spacial score (nSPS) is 25.9. The van der Waals surface area contributed by atoms with Crippen LogP contribution < -0.4 is 0 Å². The molecule has 0 aliphatic heterocycles. The lowest BCUT2D eigenvalue weighted by Gasteiger charge is -2.26. The molecule has 0 bridgehead atoms. The number of halogens is 1. The Bertz CT molecular complexity index is 561. The van der Waals surface area contributed by atoms with Gasteiger partial charge in [0.1, 0.15) is 0 Å². The lowest BCUT2D eigenvalue weighted by molar-refractivity contribution is 0.478. The van der Waals surface area contributed by atoms with Crippen LogP contribution in [0.4, 0.5) is 0 Å². The van der Waals surface area contributed by atoms with Crippen molar-refractivity contribution in [2.45, 2.75) is 12.8 Å². The molecule has 0 nitrogen and oxygen atoms in total. The summed E-state index contributed by atoms with van der Waals surface area (Å²) in [4.78, 5) is 0. The summed E-state index contributed by atoms with van der Waals surface area (Å²) in [5.41, 5.74) is 2.71. The van der Waals surface area contributed by atoms with Crippen LogP contribution in [0.25, 0.3) is 5.57 Å². The van der Waals surface area contributed by atoms with Crippen molar-refractivity contribution in [3.05, 3.63) is 75.9 Å². The van der Waals surface area contributed by atoms with Crippen LogP contribution in [0, 0.1) is 11.8 Å². The maximum Gasteiger partial charge on any atom is -0.00819 e. The van der Waals surface area contributed by atoms with Gasteiger partial charge in [0, 0.05) is 0 Å². The van der Waals surface area contributed by atoms with E-state index in [1.54, 1.807) is 0 Å². The monoisotopic (exact) mass is 360 g/mol. The van der Waals surface area contributed by atoms with E-state index in [1.165, 1.54) is 27.6 Å². The average molecular weight is 360 g/mol. The molecule has 96 valence electrons. The van der Waals surface area contributed by atoms with E-state index in [0.29, 0.717) is 11.8 Å². The minimum Gasteiger partial charge on any atom is -0.0839 e. The highest BCUT2D eigenvalue weighted by Crippen LogP contribution is 2.37. The summed E-state index contributed by atoms with van der Waals surface area (Å²) in [5.74, 6) is 1.29. The smallest absolute Gasteiger partial charge is 0.00819 e. The molecule has 0 N–H and O–H groups in total. The predicted octanol–water partition coefficient (Wildman–Crippen LogP) is 5.54. The van der Waals surface area contributed by atoms with Crippen LogP contribution in [0.1, 0.15) is 18.4 Å². The van der Waals surface area contributed by atoms with Crippen molar-refractivity contribution in [1.82, 2.24) is 0 Å². The Morgan fingerprint density at radius 3 is 2.58 bits per heavy atom. The predicted molar refractivity (Wildman–Crippen MR) is 91.0 cm³/mol. The first-order valence-electron chi connectivity index (χ1n) is 6.79. The van der Waals surface area contributed by atoms with Crippen molar-refractivity contribution in [1.29, 1.82) is 0 Å². The first-order valence-corrected chi connectivity index (χ1v) is 7.87. The van der Waals surface area contributed by atoms with E-state index in [2.05, 4.69) is 89.4 Å². The molecule has 0 amide bonds. The highest BCUT2D eigenvalue weighted by molar-refractivity contribution is 14.1. The SMILES string of the molecule is IC1=CC(c2ccccc2)=CC(C2C=CC=CC2)C1. The number of benzene rings is 1. The van der Waals surface area contributed by atoms with Crippen LogP contribution in [-0.4, -0.2) is 0 Å². The van der Waals surface area contributed by atoms with Crippen molar-refractivity contribution in [3.63, 3.8) is 0 Å². The summed E-state index contributed by atoms with van der Waals surface area (Å²) < 4.78 is 1.46. The third-order valence-electron chi connectivity index (χ3n) is 3.81. The molecule has 0 fully saturated rings. The molecule has 3 rings (SSSR count). The fraction of sp³-hybridized carbons (Fsp3) is 0.222. The molecule has 0 heterocycles. The molecule has 0 saturated carbocycles. The second kappa shape index (κ2) is 5.91. The summed E-state index contributed by atoms with van der Waals surface area (Å²) in [6.07, 6.45) is 16.1. The van der Waals surface area contributed by atoms with Crippen LogP contribution in [-0.2, 0) is 0 Å². The van der Waals surface area contributed by atoms with Gasteiger partial charge in [-0.3, -0.25) is 0 Å². The van der Waals surface area contributed by atoms with E-state index in [0.717, 1.165) is 0 Å². The topological polar surface area (TPSA) is 0 Å². The van der Waals surface area contributed by atoms with E-state index in [1.807, 2.05) is 0 Å². The Kier molecular flexibility index (Phi) is 4.02. The largest absolute Gasteiger partial charge is 0.0839 e. The van der Waals surface area contributed by atoms with Gasteiger partial charge < -0.3 is 0 Å². The molecule has 1 aromatic rings. The molecule has 0 aromatic heterocycles. The quantitative estimate of drug-likeness (QED) is 0.608. The molecular weight excluding hydrogens is 343 g/mol. The van der Waals surface area contributed by atoms with Gasteiger partial charge in [-0.2, -0.15) is 0 Å². The average Bonchev–Trinajstić information content (AvgIpc) is 2.48. The van der Waals surface area contributed by atoms with Crippen molar-refractivity contribution in [2.24, 2.45) is 11.8 Å². The van der Waals surface area contributed by atoms with Crippen molar-refractivity contribution in [3.8, 4) is 0 Å². The Morgan fingerprint density at radius 1 is 1.00 bits per heavy atom. The summed E-state index contributed by atoms with van der Waals surface area (Å²) in [5, 5.41) is 0. The zero-order valence-corrected chi connectivity index (χ0v) is 13.0. The molecule has 1 aromatic carbocycles. The second-order valence-electron chi connectivity index (χ2n) is 5.16. The zero-order chi connectivity index (χ0) is 13.1. The van der Waals surface area contributed by atoms with Gasteiger partial charge in [0.25, 0.3) is 0 Å². The minimum absolute atomic E-state index is 0.633. The molecule has 1 heteroatoms. The lowest BCUT2D eigenvalue weighted by Crippen LogP contribution is -2.14. The van der Waals surface area contributed by atoms with Crippen molar-refractivity contribution < 1.29 is 0 Å². The van der Waals surface area contributed by atoms with Gasteiger partial charge in [-0.1, -0.05) is 60.7 Å². The first-order chi connectivity index (χ1) is 9.33. The molecule has 0 spiro atoms. The summed E-state index contributed by atoms with van der Waals surface area (Å²) >= 11 is 2.49. The minimum atomic E-state index is 0.633. The molecule has 0 saturated heterocycles. The standard InChI is InChI=1S/C18H17I/c19-18-12-16(14-7-3-1-4-8-14)11-17(13-18)15-9-5-2-6-10-15/h1-9,11-12,15,17H,10,13H2. The van der Waals surface area contributed by atoms with E-state index in [-0.39, 0.29) is 0 Å². The highest BCUT2D eigenvalue weighted by atomic mass is 127. The number of hydrogen-bond donors (Lipinski definition) is 0. The van der Waals surface area contributed by atoms with E-state index in [4.69, 9.17) is 0 Å². The fourth-order valence-corrected chi connectivity index (χ4v) is 3.64. The van der Waals surface area contributed by atoms with Gasteiger partial charge >= 0.3 is 0 Å². The van der Waals surface area contributed by atoms with Crippen LogP contribution in [0.5, 0.6) is 0 Å². The highest BCUT2D eigenvalue weighted by Gasteiger charge is 2.21. The number of hydrogen-bond acceptors (Lipinski definition) is 0. The molecule has 2 atom stereocenters. The Balaban J connectivity index is 1.89. The van der Waals surface area contributed by atoms with Crippen LogP contribution in [0.2, 0.25) is 0 Å². The van der Waals surface area contributed by atoms with Gasteiger partial charge in [-0.05, 0) is 68.1 Å². The summed E-state index contributed by atoms with van der Waals surface area (Å²) in [7, 11) is 0. The summed E-state index contributed by atoms with van der Waals surface area (Å²) in [6.45, 7) is 0. The van der Waals surface area contributed by atoms with Crippen molar-refractivity contribution in [2.75, 3.05) is 0 Å². The molecule has 0 radical (unpaired) electrons. The number of rotatable bonds is 2. The summed E-state index contributed by atoms with van der Waals surface area (Å²) in [6, 6.07) is 10.7. The number of allylic oxidation sites excluding steroid dienone is 8. The van der Waals surface area contributed by atoms with Gasteiger partial charge in [0.2, 0.25) is 0 Å². The van der Waals surface area contributed by atoms with E-state index in [9.17, 15) is 0 Å². The van der Waals surface area contributed by atoms with Crippen LogP contribution >= 0.6 is 22.6 Å². The third kappa shape index (κ3) is 3.08. The van der Waals surface area contributed by atoms with Crippen LogP contribution in [0.3, 0.4) is 0 Å². The molecule has 2 unspecified atom stereocenters. The Morgan fingerprint density at radius 2 is 1.84 bits per heavy atom. The van der Waals surface area contributed by atoms with Gasteiger partial charge in [0.15, 0.2) is 0 Å². The van der Waals surface area contributed by atoms with Gasteiger partial charge in [-0.25, -0.2) is 0 Å². The molecule has 19 heavy (non-hydrogen) atoms. The van der Waals surface area contributed by atoms with Gasteiger partial charge in [-0.15, -0.1) is 0 Å².